The largest absolute Gasteiger partial charge is 0.451 e. The van der Waals surface area contributed by atoms with Crippen LogP contribution in [0.3, 0.4) is 0 Å². The zero-order valence-electron chi connectivity index (χ0n) is 20.1. The molecule has 0 aliphatic carbocycles. The normalized spacial score (nSPS) is 22.1. The second-order valence-corrected chi connectivity index (χ2v) is 10.7. The summed E-state index contributed by atoms with van der Waals surface area (Å²) in [6, 6.07) is 6.71. The quantitative estimate of drug-likeness (QED) is 0.178. The van der Waals surface area contributed by atoms with E-state index in [1.807, 2.05) is 0 Å². The third kappa shape index (κ3) is 7.33. The number of nitrogens with zero attached hydrogens (tertiary/aromatic N) is 1. The smallest absolute Gasteiger partial charge is 0.275 e. The number of sulfone groups is 1. The van der Waals surface area contributed by atoms with Crippen LogP contribution in [-0.4, -0.2) is 66.0 Å². The number of hydrogen-bond donors (Lipinski definition) is 5. The van der Waals surface area contributed by atoms with Gasteiger partial charge in [-0.2, -0.15) is 4.99 Å². The van der Waals surface area contributed by atoms with E-state index in [2.05, 4.69) is 4.99 Å². The minimum Gasteiger partial charge on any atom is -0.451 e. The van der Waals surface area contributed by atoms with E-state index in [1.54, 1.807) is 0 Å². The van der Waals surface area contributed by atoms with Crippen molar-refractivity contribution in [1.29, 1.82) is 0 Å². The van der Waals surface area contributed by atoms with Crippen LogP contribution in [-0.2, 0) is 19.4 Å². The lowest BCUT2D eigenvalue weighted by Crippen LogP contribution is -2.48. The predicted octanol–water partition coefficient (Wildman–Crippen LogP) is 0.953. The van der Waals surface area contributed by atoms with E-state index in [0.717, 1.165) is 12.1 Å². The lowest BCUT2D eigenvalue weighted by atomic mass is 10.0. The van der Waals surface area contributed by atoms with Crippen molar-refractivity contribution in [2.75, 3.05) is 5.75 Å². The molecule has 2 aromatic rings. The van der Waals surface area contributed by atoms with Crippen LogP contribution in [0, 0.1) is 11.6 Å². The van der Waals surface area contributed by atoms with Gasteiger partial charge in [-0.3, -0.25) is 4.79 Å². The summed E-state index contributed by atoms with van der Waals surface area (Å²) in [5.41, 5.74) is 10.3. The molecule has 3 rings (SSSR count). The lowest BCUT2D eigenvalue weighted by molar-refractivity contribution is -0.246. The molecule has 1 aliphatic rings. The summed E-state index contributed by atoms with van der Waals surface area (Å²) in [5.74, 6) is -4.53. The summed E-state index contributed by atoms with van der Waals surface area (Å²) in [5, 5.41) is 28.8. The zero-order chi connectivity index (χ0) is 28.2. The Bertz CT molecular complexity index is 1310. The summed E-state index contributed by atoms with van der Waals surface area (Å²) in [6.07, 6.45) is -4.02. The second kappa shape index (κ2) is 12.0. The van der Waals surface area contributed by atoms with E-state index < -0.39 is 63.7 Å². The van der Waals surface area contributed by atoms with Crippen LogP contribution in [0.1, 0.15) is 25.3 Å². The van der Waals surface area contributed by atoms with Gasteiger partial charge in [0.15, 0.2) is 39.5 Å². The fourth-order valence-electron chi connectivity index (χ4n) is 3.63. The minimum absolute atomic E-state index is 0.0157. The first-order valence-corrected chi connectivity index (χ1v) is 12.9. The van der Waals surface area contributed by atoms with Crippen LogP contribution >= 0.6 is 0 Å². The molecule has 1 unspecified atom stereocenters. The average molecular weight is 556 g/mol. The number of guanidine groups is 1. The summed E-state index contributed by atoms with van der Waals surface area (Å²) in [7, 11) is -3.81. The summed E-state index contributed by atoms with van der Waals surface area (Å²) >= 11 is 0. The second-order valence-electron chi connectivity index (χ2n) is 8.61. The van der Waals surface area contributed by atoms with Crippen molar-refractivity contribution in [3.05, 3.63) is 59.2 Å². The maximum atomic E-state index is 14.6. The molecule has 2 aromatic carbocycles. The van der Waals surface area contributed by atoms with Gasteiger partial charge < -0.3 is 36.3 Å². The number of carbonyl (C=O) groups excluding carboxylic acids is 1. The number of rotatable bonds is 8. The van der Waals surface area contributed by atoms with Gasteiger partial charge in [-0.05, 0) is 61.4 Å². The van der Waals surface area contributed by atoms with Crippen LogP contribution < -0.4 is 16.2 Å². The molecule has 1 saturated heterocycles. The first-order chi connectivity index (χ1) is 17.8. The molecule has 0 spiro atoms. The molecule has 0 radical (unpaired) electrons. The SMILES string of the molecule is C/C(=C\c1cc(F)c(Oc2ccc(S(=O)(=O)CC[C@@H]3C[C@H](O)[C@@H](O)C(O)O3)cc2)c(F)c1)C(=O)N=C(N)N. The number of benzene rings is 2. The van der Waals surface area contributed by atoms with E-state index in [4.69, 9.17) is 20.9 Å². The molecule has 1 fully saturated rings. The highest BCUT2D eigenvalue weighted by molar-refractivity contribution is 7.91. The molecule has 4 atom stereocenters. The molecule has 206 valence electrons. The first kappa shape index (κ1) is 29.1. The molecule has 1 amide bonds. The van der Waals surface area contributed by atoms with Crippen molar-refractivity contribution >= 4 is 27.8 Å². The number of aliphatic imine (C=N–C) groups is 1. The first-order valence-electron chi connectivity index (χ1n) is 11.3. The number of halogens is 2. The van der Waals surface area contributed by atoms with Crippen molar-refractivity contribution < 1.29 is 46.8 Å². The Morgan fingerprint density at radius 3 is 2.32 bits per heavy atom. The molecule has 14 heteroatoms. The van der Waals surface area contributed by atoms with E-state index in [1.165, 1.54) is 37.3 Å². The van der Waals surface area contributed by atoms with Crippen LogP contribution in [0.4, 0.5) is 8.78 Å². The molecule has 0 aromatic heterocycles. The Labute approximate surface area is 216 Å². The number of nitrogens with two attached hydrogens (primary N) is 2. The number of ether oxygens (including phenoxy) is 2. The summed E-state index contributed by atoms with van der Waals surface area (Å²) in [6.45, 7) is 1.36. The monoisotopic (exact) mass is 555 g/mol. The Morgan fingerprint density at radius 1 is 1.16 bits per heavy atom. The highest BCUT2D eigenvalue weighted by Gasteiger charge is 2.36. The number of carbonyl (C=O) groups is 1. The van der Waals surface area contributed by atoms with Crippen LogP contribution in [0.2, 0.25) is 0 Å². The van der Waals surface area contributed by atoms with E-state index in [9.17, 15) is 37.3 Å². The predicted molar refractivity (Wildman–Crippen MR) is 132 cm³/mol. The molecule has 0 saturated carbocycles. The van der Waals surface area contributed by atoms with Gasteiger partial charge in [0.25, 0.3) is 5.91 Å². The number of aliphatic hydroxyl groups excluding tert-OH is 3. The summed E-state index contributed by atoms with van der Waals surface area (Å²) < 4.78 is 64.9. The van der Waals surface area contributed by atoms with Crippen molar-refractivity contribution in [1.82, 2.24) is 0 Å². The van der Waals surface area contributed by atoms with Gasteiger partial charge in [0.1, 0.15) is 11.9 Å². The van der Waals surface area contributed by atoms with Gasteiger partial charge >= 0.3 is 0 Å². The topological polar surface area (TPSA) is 195 Å². The Balaban J connectivity index is 1.68. The Hall–Kier alpha value is -3.43. The van der Waals surface area contributed by atoms with Gasteiger partial charge in [-0.15, -0.1) is 0 Å². The molecular weight excluding hydrogens is 528 g/mol. The van der Waals surface area contributed by atoms with E-state index >= 15 is 0 Å². The number of amides is 1. The average Bonchev–Trinajstić information content (AvgIpc) is 2.83. The molecule has 7 N–H and O–H groups in total. The molecule has 0 bridgehead atoms. The minimum atomic E-state index is -3.81. The van der Waals surface area contributed by atoms with Gasteiger partial charge in [-0.25, -0.2) is 17.2 Å². The molecule has 38 heavy (non-hydrogen) atoms. The molecule has 1 heterocycles. The molecule has 1 aliphatic heterocycles. The van der Waals surface area contributed by atoms with Crippen LogP contribution in [0.5, 0.6) is 11.5 Å². The number of hydrogen-bond acceptors (Lipinski definition) is 8. The zero-order valence-corrected chi connectivity index (χ0v) is 20.9. The highest BCUT2D eigenvalue weighted by atomic mass is 32.2. The van der Waals surface area contributed by atoms with E-state index in [-0.39, 0.29) is 40.4 Å². The highest BCUT2D eigenvalue weighted by Crippen LogP contribution is 2.30. The molecule has 11 nitrogen and oxygen atoms in total. The number of aliphatic hydroxyl groups is 3. The molecular formula is C24H27F2N3O8S. The van der Waals surface area contributed by atoms with Gasteiger partial charge in [0, 0.05) is 12.0 Å². The van der Waals surface area contributed by atoms with Crippen molar-refractivity contribution in [3.8, 4) is 11.5 Å². The summed E-state index contributed by atoms with van der Waals surface area (Å²) in [4.78, 5) is 15.0. The van der Waals surface area contributed by atoms with Gasteiger partial charge in [-0.1, -0.05) is 0 Å². The Morgan fingerprint density at radius 2 is 1.76 bits per heavy atom. The fraction of sp³-hybridized carbons (Fsp3) is 0.333. The van der Waals surface area contributed by atoms with Crippen LogP contribution in [0.25, 0.3) is 6.08 Å². The lowest BCUT2D eigenvalue weighted by Gasteiger charge is -2.34. The maximum Gasteiger partial charge on any atom is 0.275 e. The Kier molecular flexibility index (Phi) is 9.17. The van der Waals surface area contributed by atoms with Crippen LogP contribution in [0.15, 0.2) is 51.9 Å². The standard InChI is InChI=1S/C24H27F2N3O8S/c1-12(22(32)29-24(27)28)8-13-9-17(25)21(18(26)10-13)36-14-2-4-16(5-3-14)38(34,35)7-6-15-11-19(30)20(31)23(33)37-15/h2-5,8-10,15,19-20,23,30-31,33H,6-7,11H2,1H3,(H4,27,28,29,32)/b12-8+/t15-,19+,20-,23?/m1/s1. The maximum absolute atomic E-state index is 14.6. The third-order valence-electron chi connectivity index (χ3n) is 5.61. The van der Waals surface area contributed by atoms with Crippen molar-refractivity contribution in [2.24, 2.45) is 16.5 Å². The van der Waals surface area contributed by atoms with Crippen molar-refractivity contribution in [2.45, 2.75) is 49.3 Å². The van der Waals surface area contributed by atoms with Gasteiger partial charge in [0.05, 0.1) is 22.9 Å². The van der Waals surface area contributed by atoms with Crippen molar-refractivity contribution in [3.63, 3.8) is 0 Å². The van der Waals surface area contributed by atoms with E-state index in [0.29, 0.717) is 0 Å². The third-order valence-corrected chi connectivity index (χ3v) is 7.37. The van der Waals surface area contributed by atoms with Gasteiger partial charge in [0.2, 0.25) is 0 Å². The fourth-order valence-corrected chi connectivity index (χ4v) is 4.99.